The van der Waals surface area contributed by atoms with E-state index in [1.54, 1.807) is 0 Å². The smallest absolute Gasteiger partial charge is 0.185 e. The first-order valence-corrected chi connectivity index (χ1v) is 5.27. The van der Waals surface area contributed by atoms with Crippen LogP contribution in [-0.4, -0.2) is 4.98 Å². The molecule has 5 heteroatoms. The number of halogens is 3. The predicted molar refractivity (Wildman–Crippen MR) is 60.0 cm³/mol. The molecule has 0 saturated heterocycles. The van der Waals surface area contributed by atoms with E-state index in [1.807, 2.05) is 6.92 Å². The number of hydrogen-bond donors (Lipinski definition) is 1. The third kappa shape index (κ3) is 1.92. The van der Waals surface area contributed by atoms with Crippen LogP contribution >= 0.6 is 0 Å². The fourth-order valence-corrected chi connectivity index (χ4v) is 1.77. The lowest BCUT2D eigenvalue weighted by Gasteiger charge is -2.07. The van der Waals surface area contributed by atoms with Gasteiger partial charge in [-0.1, -0.05) is 13.3 Å². The quantitative estimate of drug-likeness (QED) is 0.819. The second-order valence-corrected chi connectivity index (χ2v) is 3.83. The average Bonchev–Trinajstić information content (AvgIpc) is 2.25. The molecule has 2 rings (SSSR count). The maximum atomic E-state index is 13.5. The molecule has 1 aromatic carbocycles. The summed E-state index contributed by atoms with van der Waals surface area (Å²) < 4.78 is 40.1. The molecule has 1 heterocycles. The Morgan fingerprint density at radius 1 is 1.18 bits per heavy atom. The van der Waals surface area contributed by atoms with Crippen molar-refractivity contribution in [3.63, 3.8) is 0 Å². The van der Waals surface area contributed by atoms with Gasteiger partial charge in [0.15, 0.2) is 11.6 Å². The van der Waals surface area contributed by atoms with Gasteiger partial charge in [0.2, 0.25) is 0 Å². The van der Waals surface area contributed by atoms with Gasteiger partial charge in [-0.3, -0.25) is 0 Å². The van der Waals surface area contributed by atoms with Crippen molar-refractivity contribution < 1.29 is 13.2 Å². The molecule has 0 bridgehead atoms. The number of hydrogen-bond acceptors (Lipinski definition) is 2. The van der Waals surface area contributed by atoms with Gasteiger partial charge in [-0.2, -0.15) is 0 Å². The highest BCUT2D eigenvalue weighted by Crippen LogP contribution is 2.27. The highest BCUT2D eigenvalue weighted by Gasteiger charge is 2.16. The van der Waals surface area contributed by atoms with Crippen molar-refractivity contribution in [1.82, 2.24) is 4.98 Å². The molecule has 2 aromatic rings. The van der Waals surface area contributed by atoms with E-state index in [9.17, 15) is 13.2 Å². The van der Waals surface area contributed by atoms with Crippen molar-refractivity contribution in [3.05, 3.63) is 35.3 Å². The van der Waals surface area contributed by atoms with E-state index in [-0.39, 0.29) is 16.6 Å². The van der Waals surface area contributed by atoms with Crippen molar-refractivity contribution >= 4 is 16.6 Å². The molecule has 17 heavy (non-hydrogen) atoms. The van der Waals surface area contributed by atoms with Gasteiger partial charge >= 0.3 is 0 Å². The molecule has 2 nitrogen and oxygen atoms in total. The van der Waals surface area contributed by atoms with E-state index in [1.165, 1.54) is 6.07 Å². The number of rotatable bonds is 2. The minimum atomic E-state index is -1.25. The van der Waals surface area contributed by atoms with Crippen LogP contribution in [0.1, 0.15) is 19.0 Å². The Bertz CT molecular complexity index is 582. The number of benzene rings is 1. The lowest BCUT2D eigenvalue weighted by Crippen LogP contribution is -2.01. The van der Waals surface area contributed by atoms with Gasteiger partial charge in [-0.05, 0) is 12.5 Å². The highest BCUT2D eigenvalue weighted by molar-refractivity contribution is 5.91. The molecular formula is C12H11F3N2. The summed E-state index contributed by atoms with van der Waals surface area (Å²) in [6.45, 7) is 1.92. The van der Waals surface area contributed by atoms with Crippen LogP contribution in [0, 0.1) is 17.5 Å². The van der Waals surface area contributed by atoms with Crippen LogP contribution in [0.25, 0.3) is 10.9 Å². The Kier molecular flexibility index (Phi) is 2.92. The molecule has 0 unspecified atom stereocenters. The molecule has 0 atom stereocenters. The van der Waals surface area contributed by atoms with Crippen LogP contribution in [-0.2, 0) is 6.42 Å². The van der Waals surface area contributed by atoms with Crippen molar-refractivity contribution in [3.8, 4) is 0 Å². The summed E-state index contributed by atoms with van der Waals surface area (Å²) in [6, 6.07) is 1.97. The third-order valence-corrected chi connectivity index (χ3v) is 2.52. The maximum Gasteiger partial charge on any atom is 0.185 e. The number of aryl methyl sites for hydroxylation is 1. The zero-order valence-electron chi connectivity index (χ0n) is 9.23. The molecular weight excluding hydrogens is 229 g/mol. The van der Waals surface area contributed by atoms with Crippen LogP contribution < -0.4 is 5.73 Å². The molecule has 0 amide bonds. The number of aromatic nitrogens is 1. The molecule has 0 spiro atoms. The molecule has 0 aliphatic carbocycles. The summed E-state index contributed by atoms with van der Waals surface area (Å²) in [4.78, 5) is 3.91. The minimum Gasteiger partial charge on any atom is -0.398 e. The summed E-state index contributed by atoms with van der Waals surface area (Å²) in [5.41, 5.74) is 5.90. The van der Waals surface area contributed by atoms with Gasteiger partial charge in [-0.25, -0.2) is 18.2 Å². The normalized spacial score (nSPS) is 11.1. The molecule has 0 aliphatic heterocycles. The SMILES string of the molecule is CCCc1cc(N)c2c(F)cc(F)c(F)c2n1. The lowest BCUT2D eigenvalue weighted by atomic mass is 10.1. The molecule has 0 radical (unpaired) electrons. The van der Waals surface area contributed by atoms with Crippen molar-refractivity contribution in [2.45, 2.75) is 19.8 Å². The minimum absolute atomic E-state index is 0.0786. The Balaban J connectivity index is 2.81. The molecule has 2 N–H and O–H groups in total. The summed E-state index contributed by atoms with van der Waals surface area (Å²) in [6.07, 6.45) is 1.37. The Morgan fingerprint density at radius 3 is 2.53 bits per heavy atom. The monoisotopic (exact) mass is 240 g/mol. The number of fused-ring (bicyclic) bond motifs is 1. The van der Waals surface area contributed by atoms with Gasteiger partial charge in [-0.15, -0.1) is 0 Å². The zero-order valence-corrected chi connectivity index (χ0v) is 9.23. The van der Waals surface area contributed by atoms with Crippen molar-refractivity contribution in [2.75, 3.05) is 5.73 Å². The number of nitrogens with two attached hydrogens (primary N) is 1. The third-order valence-electron chi connectivity index (χ3n) is 2.52. The van der Waals surface area contributed by atoms with Crippen LogP contribution in [0.5, 0.6) is 0 Å². The van der Waals surface area contributed by atoms with Crippen LogP contribution in [0.3, 0.4) is 0 Å². The van der Waals surface area contributed by atoms with E-state index in [0.717, 1.165) is 6.42 Å². The summed E-state index contributed by atoms with van der Waals surface area (Å²) >= 11 is 0. The van der Waals surface area contributed by atoms with E-state index in [0.29, 0.717) is 18.2 Å². The zero-order chi connectivity index (χ0) is 12.6. The van der Waals surface area contributed by atoms with Gasteiger partial charge in [0.1, 0.15) is 11.3 Å². The van der Waals surface area contributed by atoms with E-state index in [2.05, 4.69) is 4.98 Å². The van der Waals surface area contributed by atoms with Crippen LogP contribution in [0.15, 0.2) is 12.1 Å². The highest BCUT2D eigenvalue weighted by atomic mass is 19.2. The van der Waals surface area contributed by atoms with Crippen molar-refractivity contribution in [2.24, 2.45) is 0 Å². The van der Waals surface area contributed by atoms with Crippen molar-refractivity contribution in [1.29, 1.82) is 0 Å². The van der Waals surface area contributed by atoms with Crippen LogP contribution in [0.4, 0.5) is 18.9 Å². The summed E-state index contributed by atoms with van der Waals surface area (Å²) in [5.74, 6) is -3.31. The van der Waals surface area contributed by atoms with E-state index in [4.69, 9.17) is 5.73 Å². The second kappa shape index (κ2) is 4.24. The number of nitrogen functional groups attached to an aromatic ring is 1. The Hall–Kier alpha value is -1.78. The topological polar surface area (TPSA) is 38.9 Å². The summed E-state index contributed by atoms with van der Waals surface area (Å²) in [7, 11) is 0. The average molecular weight is 240 g/mol. The Morgan fingerprint density at radius 2 is 1.88 bits per heavy atom. The van der Waals surface area contributed by atoms with Gasteiger partial charge in [0.05, 0.1) is 5.39 Å². The van der Waals surface area contributed by atoms with E-state index < -0.39 is 17.5 Å². The molecule has 0 fully saturated rings. The standard InChI is InChI=1S/C12H11F3N2/c1-2-3-6-4-9(16)10-7(13)5-8(14)11(15)12(10)17-6/h4-5H,2-3H2,1H3,(H2,16,17). The Labute approximate surface area is 96.3 Å². The second-order valence-electron chi connectivity index (χ2n) is 3.83. The van der Waals surface area contributed by atoms with E-state index >= 15 is 0 Å². The number of pyridine rings is 1. The molecule has 0 saturated carbocycles. The maximum absolute atomic E-state index is 13.5. The first kappa shape index (κ1) is 11.7. The predicted octanol–water partition coefficient (Wildman–Crippen LogP) is 3.19. The fraction of sp³-hybridized carbons (Fsp3) is 0.250. The van der Waals surface area contributed by atoms with Crippen LogP contribution in [0.2, 0.25) is 0 Å². The largest absolute Gasteiger partial charge is 0.398 e. The first-order chi connectivity index (χ1) is 8.04. The van der Waals surface area contributed by atoms with Gasteiger partial charge in [0, 0.05) is 17.4 Å². The summed E-state index contributed by atoms with van der Waals surface area (Å²) in [5, 5.41) is -0.163. The molecule has 0 aliphatic rings. The first-order valence-electron chi connectivity index (χ1n) is 5.27. The van der Waals surface area contributed by atoms with Gasteiger partial charge in [0.25, 0.3) is 0 Å². The lowest BCUT2D eigenvalue weighted by molar-refractivity contribution is 0.504. The number of nitrogens with zero attached hydrogens (tertiary/aromatic N) is 1. The molecule has 1 aromatic heterocycles. The fourth-order valence-electron chi connectivity index (χ4n) is 1.77. The van der Waals surface area contributed by atoms with Gasteiger partial charge < -0.3 is 5.73 Å². The molecule has 90 valence electrons. The number of anilines is 1.